The molecule has 0 aliphatic carbocycles. The Morgan fingerprint density at radius 3 is 2.77 bits per heavy atom. The third-order valence-electron chi connectivity index (χ3n) is 1.65. The minimum atomic E-state index is -0.159. The Morgan fingerprint density at radius 1 is 1.54 bits per heavy atom. The van der Waals surface area contributed by atoms with Crippen LogP contribution in [-0.4, -0.2) is 10.7 Å². The molecular formula is C10H12BrNO. The second-order valence-corrected chi connectivity index (χ2v) is 4.35. The van der Waals surface area contributed by atoms with Gasteiger partial charge in [-0.15, -0.1) is 0 Å². The van der Waals surface area contributed by atoms with Crippen LogP contribution in [0.5, 0.6) is 0 Å². The van der Waals surface area contributed by atoms with Crippen LogP contribution in [0.4, 0.5) is 5.69 Å². The molecule has 0 saturated carbocycles. The summed E-state index contributed by atoms with van der Waals surface area (Å²) in [7, 11) is 0. The number of hydrogen-bond donors (Lipinski definition) is 1. The molecule has 2 nitrogen and oxygen atoms in total. The van der Waals surface area contributed by atoms with Gasteiger partial charge in [0.2, 0.25) is 5.91 Å². The van der Waals surface area contributed by atoms with Crippen LogP contribution in [0.25, 0.3) is 0 Å². The minimum Gasteiger partial charge on any atom is -0.325 e. The monoisotopic (exact) mass is 241 g/mol. The Labute approximate surface area is 86.5 Å². The Balaban J connectivity index is 2.69. The van der Waals surface area contributed by atoms with Crippen molar-refractivity contribution in [2.45, 2.75) is 18.7 Å². The number of benzene rings is 1. The van der Waals surface area contributed by atoms with Crippen molar-refractivity contribution in [1.29, 1.82) is 0 Å². The molecule has 0 aliphatic heterocycles. The first-order valence-corrected chi connectivity index (χ1v) is 5.03. The molecule has 0 unspecified atom stereocenters. The van der Waals surface area contributed by atoms with E-state index in [1.807, 2.05) is 31.2 Å². The van der Waals surface area contributed by atoms with Gasteiger partial charge in [-0.2, -0.15) is 0 Å². The highest BCUT2D eigenvalue weighted by molar-refractivity contribution is 9.10. The highest BCUT2D eigenvalue weighted by Gasteiger charge is 2.07. The van der Waals surface area contributed by atoms with E-state index in [0.29, 0.717) is 0 Å². The van der Waals surface area contributed by atoms with Crippen LogP contribution in [0.1, 0.15) is 12.5 Å². The van der Waals surface area contributed by atoms with Gasteiger partial charge in [0.25, 0.3) is 0 Å². The zero-order valence-corrected chi connectivity index (χ0v) is 9.26. The quantitative estimate of drug-likeness (QED) is 0.793. The number of alkyl halides is 1. The summed E-state index contributed by atoms with van der Waals surface area (Å²) in [6, 6.07) is 7.73. The van der Waals surface area contributed by atoms with Crippen LogP contribution >= 0.6 is 15.9 Å². The van der Waals surface area contributed by atoms with Crippen LogP contribution in [-0.2, 0) is 4.79 Å². The van der Waals surface area contributed by atoms with E-state index < -0.39 is 0 Å². The summed E-state index contributed by atoms with van der Waals surface area (Å²) in [6.07, 6.45) is 0. The van der Waals surface area contributed by atoms with E-state index in [-0.39, 0.29) is 10.7 Å². The van der Waals surface area contributed by atoms with Gasteiger partial charge < -0.3 is 5.32 Å². The summed E-state index contributed by atoms with van der Waals surface area (Å²) < 4.78 is 0. The standard InChI is InChI=1S/C10H12BrNO/c1-7-4-3-5-9(6-7)12-10(13)8(2)11/h3-6,8H,1-2H3,(H,12,13)/t8-/m1/s1. The number of anilines is 1. The fourth-order valence-electron chi connectivity index (χ4n) is 0.965. The maximum atomic E-state index is 11.3. The van der Waals surface area contributed by atoms with Crippen molar-refractivity contribution in [3.05, 3.63) is 29.8 Å². The molecule has 0 radical (unpaired) electrons. The van der Waals surface area contributed by atoms with Gasteiger partial charge in [-0.3, -0.25) is 4.79 Å². The van der Waals surface area contributed by atoms with E-state index in [4.69, 9.17) is 0 Å². The SMILES string of the molecule is Cc1cccc(NC(=O)[C@@H](C)Br)c1. The van der Waals surface area contributed by atoms with Gasteiger partial charge in [0, 0.05) is 5.69 Å². The van der Waals surface area contributed by atoms with E-state index in [1.54, 1.807) is 6.92 Å². The van der Waals surface area contributed by atoms with Crippen LogP contribution in [0.15, 0.2) is 24.3 Å². The van der Waals surface area contributed by atoms with Crippen molar-refractivity contribution in [3.8, 4) is 0 Å². The summed E-state index contributed by atoms with van der Waals surface area (Å²) in [5.74, 6) is -0.0226. The molecule has 1 N–H and O–H groups in total. The number of nitrogens with one attached hydrogen (secondary N) is 1. The van der Waals surface area contributed by atoms with E-state index in [9.17, 15) is 4.79 Å². The van der Waals surface area contributed by atoms with Crippen molar-refractivity contribution in [2.24, 2.45) is 0 Å². The molecule has 3 heteroatoms. The van der Waals surface area contributed by atoms with Crippen molar-refractivity contribution < 1.29 is 4.79 Å². The van der Waals surface area contributed by atoms with Gasteiger partial charge in [0.05, 0.1) is 4.83 Å². The lowest BCUT2D eigenvalue weighted by Gasteiger charge is -2.06. The molecule has 0 saturated heterocycles. The number of halogens is 1. The van der Waals surface area contributed by atoms with Crippen LogP contribution in [0, 0.1) is 6.92 Å². The summed E-state index contributed by atoms with van der Waals surface area (Å²) in [4.78, 5) is 11.1. The zero-order valence-electron chi connectivity index (χ0n) is 7.67. The van der Waals surface area contributed by atoms with Gasteiger partial charge in [-0.1, -0.05) is 28.1 Å². The maximum Gasteiger partial charge on any atom is 0.237 e. The molecule has 0 fully saturated rings. The molecule has 13 heavy (non-hydrogen) atoms. The lowest BCUT2D eigenvalue weighted by molar-refractivity contribution is -0.115. The largest absolute Gasteiger partial charge is 0.325 e. The summed E-state index contributed by atoms with van der Waals surface area (Å²) in [6.45, 7) is 3.79. The molecule has 0 aromatic heterocycles. The predicted molar refractivity (Wildman–Crippen MR) is 58.2 cm³/mol. The van der Waals surface area contributed by atoms with Gasteiger partial charge >= 0.3 is 0 Å². The average molecular weight is 242 g/mol. The number of amides is 1. The molecule has 0 spiro atoms. The number of carbonyl (C=O) groups excluding carboxylic acids is 1. The average Bonchev–Trinajstić information content (AvgIpc) is 2.04. The topological polar surface area (TPSA) is 29.1 Å². The van der Waals surface area contributed by atoms with Gasteiger partial charge in [-0.25, -0.2) is 0 Å². The first-order valence-electron chi connectivity index (χ1n) is 4.11. The first kappa shape index (κ1) is 10.3. The minimum absolute atomic E-state index is 0.0226. The second kappa shape index (κ2) is 4.42. The molecular weight excluding hydrogens is 230 g/mol. The summed E-state index contributed by atoms with van der Waals surface area (Å²) in [5, 5.41) is 2.80. The lowest BCUT2D eigenvalue weighted by atomic mass is 10.2. The second-order valence-electron chi connectivity index (χ2n) is 2.97. The molecule has 1 aromatic carbocycles. The Hall–Kier alpha value is -0.830. The molecule has 1 atom stereocenters. The van der Waals surface area contributed by atoms with E-state index >= 15 is 0 Å². The van der Waals surface area contributed by atoms with E-state index in [2.05, 4.69) is 21.2 Å². The third-order valence-corrected chi connectivity index (χ3v) is 2.06. The van der Waals surface area contributed by atoms with Gasteiger partial charge in [0.1, 0.15) is 0 Å². The fraction of sp³-hybridized carbons (Fsp3) is 0.300. The van der Waals surface area contributed by atoms with Crippen molar-refractivity contribution in [2.75, 3.05) is 5.32 Å². The van der Waals surface area contributed by atoms with E-state index in [0.717, 1.165) is 11.3 Å². The smallest absolute Gasteiger partial charge is 0.237 e. The Bertz CT molecular complexity index is 310. The molecule has 0 bridgehead atoms. The molecule has 1 aromatic rings. The number of carbonyl (C=O) groups is 1. The Morgan fingerprint density at radius 2 is 2.23 bits per heavy atom. The zero-order chi connectivity index (χ0) is 9.84. The van der Waals surface area contributed by atoms with Crippen molar-refractivity contribution in [1.82, 2.24) is 0 Å². The van der Waals surface area contributed by atoms with Crippen LogP contribution in [0.3, 0.4) is 0 Å². The normalized spacial score (nSPS) is 12.2. The van der Waals surface area contributed by atoms with Gasteiger partial charge in [0.15, 0.2) is 0 Å². The third kappa shape index (κ3) is 3.19. The molecule has 1 amide bonds. The number of aryl methyl sites for hydroxylation is 1. The highest BCUT2D eigenvalue weighted by atomic mass is 79.9. The maximum absolute atomic E-state index is 11.3. The van der Waals surface area contributed by atoms with Crippen LogP contribution < -0.4 is 5.32 Å². The van der Waals surface area contributed by atoms with Gasteiger partial charge in [-0.05, 0) is 31.5 Å². The first-order chi connectivity index (χ1) is 6.09. The van der Waals surface area contributed by atoms with Crippen molar-refractivity contribution >= 4 is 27.5 Å². The summed E-state index contributed by atoms with van der Waals surface area (Å²) >= 11 is 3.20. The molecule has 1 rings (SSSR count). The highest BCUT2D eigenvalue weighted by Crippen LogP contribution is 2.11. The number of hydrogen-bond acceptors (Lipinski definition) is 1. The van der Waals surface area contributed by atoms with E-state index in [1.165, 1.54) is 0 Å². The molecule has 0 heterocycles. The summed E-state index contributed by atoms with van der Waals surface area (Å²) in [5.41, 5.74) is 1.98. The molecule has 70 valence electrons. The Kier molecular flexibility index (Phi) is 3.48. The molecule has 0 aliphatic rings. The number of rotatable bonds is 2. The van der Waals surface area contributed by atoms with Crippen LogP contribution in [0.2, 0.25) is 0 Å². The lowest BCUT2D eigenvalue weighted by Crippen LogP contribution is -2.19. The predicted octanol–water partition coefficient (Wildman–Crippen LogP) is 2.72. The van der Waals surface area contributed by atoms with Crippen molar-refractivity contribution in [3.63, 3.8) is 0 Å². The fourth-order valence-corrected chi connectivity index (χ4v) is 1.08.